The molecule has 0 saturated carbocycles. The van der Waals surface area contributed by atoms with Crippen LogP contribution in [0.5, 0.6) is 0 Å². The van der Waals surface area contributed by atoms with Crippen molar-refractivity contribution in [3.05, 3.63) is 78.6 Å². The lowest BCUT2D eigenvalue weighted by atomic mass is 10.1. The Morgan fingerprint density at radius 2 is 2.09 bits per heavy atom. The molecule has 0 saturated heterocycles. The Balaban J connectivity index is 2.05. The highest BCUT2D eigenvalue weighted by atomic mass is 32.1. The molecule has 2 heterocycles. The summed E-state index contributed by atoms with van der Waals surface area (Å²) in [5.74, 6) is -0.0231. The second kappa shape index (κ2) is 6.22. The van der Waals surface area contributed by atoms with E-state index in [0.29, 0.717) is 9.20 Å². The first kappa shape index (κ1) is 15.2. The molecule has 2 aromatic heterocycles. The number of aromatic amines is 1. The molecule has 0 fully saturated rings. The summed E-state index contributed by atoms with van der Waals surface area (Å²) in [4.78, 5) is 26.8. The predicted octanol–water partition coefficient (Wildman–Crippen LogP) is 2.14. The minimum Gasteiger partial charge on any atom is -0.461 e. The summed E-state index contributed by atoms with van der Waals surface area (Å²) in [6.45, 7) is 4.01. The Morgan fingerprint density at radius 1 is 1.26 bits per heavy atom. The maximum absolute atomic E-state index is 12.1. The van der Waals surface area contributed by atoms with Gasteiger partial charge in [-0.05, 0) is 43.2 Å². The third kappa shape index (κ3) is 3.40. The van der Waals surface area contributed by atoms with E-state index in [0.717, 1.165) is 16.7 Å². The van der Waals surface area contributed by atoms with Gasteiger partial charge in [0.1, 0.15) is 0 Å². The van der Waals surface area contributed by atoms with Crippen LogP contribution in [0.2, 0.25) is 0 Å². The van der Waals surface area contributed by atoms with E-state index < -0.39 is 0 Å². The highest BCUT2D eigenvalue weighted by Crippen LogP contribution is 2.10. The van der Waals surface area contributed by atoms with Crippen LogP contribution in [0, 0.1) is 13.8 Å². The van der Waals surface area contributed by atoms with E-state index in [1.165, 1.54) is 23.7 Å². The van der Waals surface area contributed by atoms with E-state index in [1.807, 2.05) is 38.1 Å². The van der Waals surface area contributed by atoms with Gasteiger partial charge in [-0.1, -0.05) is 23.8 Å². The van der Waals surface area contributed by atoms with Crippen molar-refractivity contribution in [1.82, 2.24) is 4.98 Å². The summed E-state index contributed by atoms with van der Waals surface area (Å²) in [6, 6.07) is 9.33. The number of aromatic nitrogens is 1. The van der Waals surface area contributed by atoms with Crippen molar-refractivity contribution in [2.75, 3.05) is 0 Å². The third-order valence-corrected chi connectivity index (χ3v) is 4.39. The Bertz CT molecular complexity index is 1020. The standard InChI is InChI=1S/C18H15NO3S/c1-11-5-6-12(2)13(8-11)9-16-18(21)19-17(23-16)10-14(20)15-4-3-7-22-15/h3-10H,1-2H3,(H,19,21). The van der Waals surface area contributed by atoms with Crippen molar-refractivity contribution in [2.24, 2.45) is 0 Å². The van der Waals surface area contributed by atoms with Crippen molar-refractivity contribution in [3.8, 4) is 0 Å². The minimum absolute atomic E-state index is 0.200. The fraction of sp³-hybridized carbons (Fsp3) is 0.111. The zero-order chi connectivity index (χ0) is 16.4. The predicted molar refractivity (Wildman–Crippen MR) is 91.2 cm³/mol. The van der Waals surface area contributed by atoms with Crippen LogP contribution in [0.4, 0.5) is 0 Å². The molecule has 3 aromatic rings. The highest BCUT2D eigenvalue weighted by Gasteiger charge is 2.05. The number of carbonyl (C=O) groups is 1. The van der Waals surface area contributed by atoms with Gasteiger partial charge >= 0.3 is 0 Å². The number of aryl methyl sites for hydroxylation is 2. The third-order valence-electron chi connectivity index (χ3n) is 3.43. The van der Waals surface area contributed by atoms with E-state index in [2.05, 4.69) is 4.98 Å². The molecule has 0 radical (unpaired) electrons. The average Bonchev–Trinajstić information content (AvgIpc) is 3.14. The lowest BCUT2D eigenvalue weighted by molar-refractivity contribution is 0.103. The molecule has 0 aliphatic heterocycles. The normalized spacial score (nSPS) is 12.8. The summed E-state index contributed by atoms with van der Waals surface area (Å²) in [6.07, 6.45) is 4.67. The van der Waals surface area contributed by atoms with Gasteiger partial charge < -0.3 is 9.40 Å². The van der Waals surface area contributed by atoms with Crippen LogP contribution in [0.3, 0.4) is 0 Å². The number of rotatable bonds is 3. The first-order chi connectivity index (χ1) is 11.0. The summed E-state index contributed by atoms with van der Waals surface area (Å²) in [5.41, 5.74) is 3.03. The molecule has 0 aliphatic rings. The number of benzene rings is 1. The van der Waals surface area contributed by atoms with Gasteiger partial charge in [0.2, 0.25) is 5.78 Å². The summed E-state index contributed by atoms with van der Waals surface area (Å²) >= 11 is 1.25. The van der Waals surface area contributed by atoms with Gasteiger partial charge in [0.15, 0.2) is 5.76 Å². The first-order valence-corrected chi connectivity index (χ1v) is 7.92. The molecule has 5 heteroatoms. The van der Waals surface area contributed by atoms with Gasteiger partial charge in [0.05, 0.1) is 15.5 Å². The number of hydrogen-bond acceptors (Lipinski definition) is 4. The monoisotopic (exact) mass is 325 g/mol. The van der Waals surface area contributed by atoms with Crippen LogP contribution in [0.1, 0.15) is 27.2 Å². The Hall–Kier alpha value is -2.66. The smallest absolute Gasteiger partial charge is 0.266 e. The van der Waals surface area contributed by atoms with Gasteiger partial charge in [0, 0.05) is 6.08 Å². The molecular weight excluding hydrogens is 310 g/mol. The zero-order valence-electron chi connectivity index (χ0n) is 12.8. The summed E-state index contributed by atoms with van der Waals surface area (Å²) < 4.78 is 6.13. The number of Topliss-reactive ketones (excluding diaryl/α,β-unsaturated/α-hetero) is 1. The number of H-pyrrole nitrogens is 1. The number of nitrogens with one attached hydrogen (secondary N) is 1. The van der Waals surface area contributed by atoms with Crippen LogP contribution in [0.15, 0.2) is 45.8 Å². The number of carbonyl (C=O) groups excluding carboxylic acids is 1. The number of hydrogen-bond donors (Lipinski definition) is 1. The van der Waals surface area contributed by atoms with Crippen molar-refractivity contribution in [3.63, 3.8) is 0 Å². The van der Waals surface area contributed by atoms with Gasteiger partial charge in [0.25, 0.3) is 5.56 Å². The van der Waals surface area contributed by atoms with Gasteiger partial charge in [-0.2, -0.15) is 0 Å². The van der Waals surface area contributed by atoms with E-state index in [9.17, 15) is 9.59 Å². The van der Waals surface area contributed by atoms with Crippen molar-refractivity contribution >= 4 is 29.3 Å². The maximum atomic E-state index is 12.1. The summed E-state index contributed by atoms with van der Waals surface area (Å²) in [5, 5.41) is 0. The average molecular weight is 325 g/mol. The van der Waals surface area contributed by atoms with Crippen molar-refractivity contribution in [1.29, 1.82) is 0 Å². The summed E-state index contributed by atoms with van der Waals surface area (Å²) in [7, 11) is 0. The first-order valence-electron chi connectivity index (χ1n) is 7.10. The molecule has 0 aliphatic carbocycles. The lowest BCUT2D eigenvalue weighted by Crippen LogP contribution is -2.20. The molecule has 0 bridgehead atoms. The molecule has 0 amide bonds. The zero-order valence-corrected chi connectivity index (χ0v) is 13.6. The quantitative estimate of drug-likeness (QED) is 0.751. The highest BCUT2D eigenvalue weighted by molar-refractivity contribution is 7.07. The molecule has 116 valence electrons. The maximum Gasteiger partial charge on any atom is 0.266 e. The number of furan rings is 1. The van der Waals surface area contributed by atoms with E-state index in [1.54, 1.807) is 12.1 Å². The van der Waals surface area contributed by atoms with E-state index in [-0.39, 0.29) is 17.1 Å². The second-order valence-electron chi connectivity index (χ2n) is 5.27. The topological polar surface area (TPSA) is 63.1 Å². The molecule has 1 aromatic carbocycles. The minimum atomic E-state index is -0.272. The van der Waals surface area contributed by atoms with Gasteiger partial charge in [-0.15, -0.1) is 11.3 Å². The Labute approximate surface area is 136 Å². The molecular formula is C18H15NO3S. The Morgan fingerprint density at radius 3 is 2.83 bits per heavy atom. The van der Waals surface area contributed by atoms with Gasteiger partial charge in [-0.3, -0.25) is 9.59 Å². The molecule has 23 heavy (non-hydrogen) atoms. The van der Waals surface area contributed by atoms with E-state index >= 15 is 0 Å². The van der Waals surface area contributed by atoms with E-state index in [4.69, 9.17) is 4.42 Å². The molecule has 3 rings (SSSR count). The molecule has 0 spiro atoms. The molecule has 0 atom stereocenters. The molecule has 0 unspecified atom stereocenters. The fourth-order valence-corrected chi connectivity index (χ4v) is 3.07. The van der Waals surface area contributed by atoms with Crippen LogP contribution < -0.4 is 14.8 Å². The Kier molecular flexibility index (Phi) is 4.12. The number of thiazole rings is 1. The lowest BCUT2D eigenvalue weighted by Gasteiger charge is -2.00. The molecule has 1 N–H and O–H groups in total. The second-order valence-corrected chi connectivity index (χ2v) is 6.36. The van der Waals surface area contributed by atoms with Gasteiger partial charge in [-0.25, -0.2) is 0 Å². The van der Waals surface area contributed by atoms with Crippen LogP contribution in [0.25, 0.3) is 12.2 Å². The van der Waals surface area contributed by atoms with Crippen LogP contribution in [-0.4, -0.2) is 10.8 Å². The number of ketones is 1. The molecule has 4 nitrogen and oxygen atoms in total. The van der Waals surface area contributed by atoms with Crippen LogP contribution >= 0.6 is 11.3 Å². The largest absolute Gasteiger partial charge is 0.461 e. The fourth-order valence-electron chi connectivity index (χ4n) is 2.19. The van der Waals surface area contributed by atoms with Crippen molar-refractivity contribution in [2.45, 2.75) is 13.8 Å². The van der Waals surface area contributed by atoms with Crippen molar-refractivity contribution < 1.29 is 9.21 Å². The SMILES string of the molecule is Cc1ccc(C)c(C=c2sc(=CC(=O)c3ccco3)[nH]c2=O)c1. The van der Waals surface area contributed by atoms with Crippen LogP contribution in [-0.2, 0) is 0 Å².